The van der Waals surface area contributed by atoms with E-state index in [1.165, 1.54) is 12.8 Å². The molecule has 1 atom stereocenters. The van der Waals surface area contributed by atoms with E-state index in [1.54, 1.807) is 6.26 Å². The summed E-state index contributed by atoms with van der Waals surface area (Å²) in [5.74, 6) is 1.09. The van der Waals surface area contributed by atoms with Crippen molar-refractivity contribution in [2.45, 2.75) is 33.1 Å². The maximum Gasteiger partial charge on any atom is 0.104 e. The van der Waals surface area contributed by atoms with E-state index >= 15 is 0 Å². The Morgan fingerprint density at radius 2 is 2.29 bits per heavy atom. The third-order valence-corrected chi connectivity index (χ3v) is 2.64. The molecule has 0 saturated heterocycles. The van der Waals surface area contributed by atoms with Gasteiger partial charge in [0.2, 0.25) is 0 Å². The Bertz CT molecular complexity index is 235. The Morgan fingerprint density at radius 1 is 1.50 bits per heavy atom. The van der Waals surface area contributed by atoms with Crippen molar-refractivity contribution in [3.63, 3.8) is 0 Å². The molecule has 0 bridgehead atoms. The molecule has 0 aliphatic carbocycles. The molecule has 1 aromatic rings. The fourth-order valence-corrected chi connectivity index (χ4v) is 2.10. The third-order valence-electron chi connectivity index (χ3n) is 2.64. The van der Waals surface area contributed by atoms with Crippen LogP contribution < -0.4 is 5.32 Å². The first-order chi connectivity index (χ1) is 6.70. The minimum absolute atomic E-state index is 0.321. The second-order valence-corrected chi connectivity index (χ2v) is 4.35. The Hall–Kier alpha value is -0.760. The van der Waals surface area contributed by atoms with Crippen LogP contribution in [0.1, 0.15) is 32.4 Å². The quantitative estimate of drug-likeness (QED) is 0.755. The summed E-state index contributed by atoms with van der Waals surface area (Å²) in [6.45, 7) is 5.59. The second kappa shape index (κ2) is 5.20. The van der Waals surface area contributed by atoms with Gasteiger partial charge in [-0.05, 0) is 31.0 Å². The van der Waals surface area contributed by atoms with Gasteiger partial charge in [-0.15, -0.1) is 0 Å². The lowest BCUT2D eigenvalue weighted by molar-refractivity contribution is 0.263. The van der Waals surface area contributed by atoms with Crippen LogP contribution in [0.5, 0.6) is 0 Å². The minimum atomic E-state index is 0.321. The van der Waals surface area contributed by atoms with E-state index in [0.717, 1.165) is 18.7 Å². The van der Waals surface area contributed by atoms with E-state index in [9.17, 15) is 0 Å². The van der Waals surface area contributed by atoms with Crippen molar-refractivity contribution in [3.05, 3.63) is 24.2 Å². The molecule has 0 fully saturated rings. The van der Waals surface area contributed by atoms with Crippen molar-refractivity contribution in [1.29, 1.82) is 0 Å². The van der Waals surface area contributed by atoms with Gasteiger partial charge in [-0.1, -0.05) is 20.3 Å². The largest absolute Gasteiger partial charge is 0.469 e. The number of rotatable bonds is 6. The van der Waals surface area contributed by atoms with Gasteiger partial charge in [0, 0.05) is 13.0 Å². The number of furan rings is 1. The van der Waals surface area contributed by atoms with Crippen molar-refractivity contribution >= 4 is 0 Å². The summed E-state index contributed by atoms with van der Waals surface area (Å²) >= 11 is 0. The number of hydrogen-bond acceptors (Lipinski definition) is 2. The monoisotopic (exact) mass is 195 g/mol. The molecular weight excluding hydrogens is 174 g/mol. The average Bonchev–Trinajstić information content (AvgIpc) is 2.57. The van der Waals surface area contributed by atoms with Crippen LogP contribution in [-0.4, -0.2) is 13.6 Å². The molecule has 0 aliphatic heterocycles. The smallest absolute Gasteiger partial charge is 0.104 e. The Morgan fingerprint density at radius 3 is 2.79 bits per heavy atom. The molecule has 0 spiro atoms. The lowest BCUT2D eigenvalue weighted by Crippen LogP contribution is -2.31. The standard InChI is InChI=1S/C12H21NO/c1-4-7-12(2,10-13-3)9-11-6-5-8-14-11/h5-6,8,13H,4,7,9-10H2,1-3H3. The van der Waals surface area contributed by atoms with Crippen molar-refractivity contribution in [1.82, 2.24) is 5.32 Å². The summed E-state index contributed by atoms with van der Waals surface area (Å²) in [6.07, 6.45) is 5.23. The van der Waals surface area contributed by atoms with E-state index in [1.807, 2.05) is 13.1 Å². The summed E-state index contributed by atoms with van der Waals surface area (Å²) in [6, 6.07) is 4.02. The van der Waals surface area contributed by atoms with Crippen LogP contribution in [0.2, 0.25) is 0 Å². The first-order valence-electron chi connectivity index (χ1n) is 5.37. The molecule has 0 amide bonds. The molecule has 2 heteroatoms. The maximum atomic E-state index is 5.39. The lowest BCUT2D eigenvalue weighted by atomic mass is 9.81. The normalized spacial score (nSPS) is 15.4. The maximum absolute atomic E-state index is 5.39. The van der Waals surface area contributed by atoms with Crippen molar-refractivity contribution in [2.75, 3.05) is 13.6 Å². The molecule has 0 saturated carbocycles. The molecule has 1 heterocycles. The zero-order valence-corrected chi connectivity index (χ0v) is 9.47. The Labute approximate surface area is 86.7 Å². The topological polar surface area (TPSA) is 25.2 Å². The van der Waals surface area contributed by atoms with Gasteiger partial charge in [0.25, 0.3) is 0 Å². The van der Waals surface area contributed by atoms with Crippen LogP contribution in [0.25, 0.3) is 0 Å². The Kier molecular flexibility index (Phi) is 4.21. The fourth-order valence-electron chi connectivity index (χ4n) is 2.10. The first-order valence-corrected chi connectivity index (χ1v) is 5.37. The zero-order valence-electron chi connectivity index (χ0n) is 9.47. The van der Waals surface area contributed by atoms with Gasteiger partial charge in [0.05, 0.1) is 6.26 Å². The van der Waals surface area contributed by atoms with Gasteiger partial charge in [-0.2, -0.15) is 0 Å². The molecule has 1 unspecified atom stereocenters. The van der Waals surface area contributed by atoms with Crippen LogP contribution >= 0.6 is 0 Å². The van der Waals surface area contributed by atoms with E-state index < -0.39 is 0 Å². The fraction of sp³-hybridized carbons (Fsp3) is 0.667. The molecular formula is C12H21NO. The molecule has 2 nitrogen and oxygen atoms in total. The van der Waals surface area contributed by atoms with E-state index in [-0.39, 0.29) is 0 Å². The first kappa shape index (κ1) is 11.3. The predicted octanol–water partition coefficient (Wildman–Crippen LogP) is 2.85. The molecule has 1 aromatic heterocycles. The zero-order chi connectivity index (χ0) is 10.4. The molecule has 1 rings (SSSR count). The molecule has 0 aliphatic rings. The highest BCUT2D eigenvalue weighted by Crippen LogP contribution is 2.27. The molecule has 0 aromatic carbocycles. The van der Waals surface area contributed by atoms with E-state index in [0.29, 0.717) is 5.41 Å². The summed E-state index contributed by atoms with van der Waals surface area (Å²) in [7, 11) is 2.01. The summed E-state index contributed by atoms with van der Waals surface area (Å²) < 4.78 is 5.39. The van der Waals surface area contributed by atoms with Gasteiger partial charge < -0.3 is 9.73 Å². The van der Waals surface area contributed by atoms with E-state index in [4.69, 9.17) is 4.42 Å². The molecule has 14 heavy (non-hydrogen) atoms. The second-order valence-electron chi connectivity index (χ2n) is 4.35. The highest BCUT2D eigenvalue weighted by Gasteiger charge is 2.23. The highest BCUT2D eigenvalue weighted by atomic mass is 16.3. The van der Waals surface area contributed by atoms with Crippen LogP contribution in [-0.2, 0) is 6.42 Å². The molecule has 0 radical (unpaired) electrons. The van der Waals surface area contributed by atoms with Gasteiger partial charge in [-0.25, -0.2) is 0 Å². The average molecular weight is 195 g/mol. The van der Waals surface area contributed by atoms with Gasteiger partial charge in [-0.3, -0.25) is 0 Å². The number of hydrogen-bond donors (Lipinski definition) is 1. The third kappa shape index (κ3) is 3.18. The van der Waals surface area contributed by atoms with Crippen LogP contribution in [0.15, 0.2) is 22.8 Å². The highest BCUT2D eigenvalue weighted by molar-refractivity contribution is 5.02. The Balaban J connectivity index is 2.58. The van der Waals surface area contributed by atoms with Crippen molar-refractivity contribution < 1.29 is 4.42 Å². The summed E-state index contributed by atoms with van der Waals surface area (Å²) in [5, 5.41) is 3.26. The van der Waals surface area contributed by atoms with E-state index in [2.05, 4.69) is 25.2 Å². The predicted molar refractivity (Wildman–Crippen MR) is 59.4 cm³/mol. The van der Waals surface area contributed by atoms with Crippen molar-refractivity contribution in [3.8, 4) is 0 Å². The number of nitrogens with one attached hydrogen (secondary N) is 1. The van der Waals surface area contributed by atoms with Crippen LogP contribution in [0.3, 0.4) is 0 Å². The van der Waals surface area contributed by atoms with Gasteiger partial charge in [0.15, 0.2) is 0 Å². The molecule has 80 valence electrons. The van der Waals surface area contributed by atoms with Crippen LogP contribution in [0, 0.1) is 5.41 Å². The van der Waals surface area contributed by atoms with Crippen LogP contribution in [0.4, 0.5) is 0 Å². The minimum Gasteiger partial charge on any atom is -0.469 e. The summed E-state index contributed by atoms with van der Waals surface area (Å²) in [4.78, 5) is 0. The van der Waals surface area contributed by atoms with Gasteiger partial charge in [0.1, 0.15) is 5.76 Å². The van der Waals surface area contributed by atoms with Gasteiger partial charge >= 0.3 is 0 Å². The lowest BCUT2D eigenvalue weighted by Gasteiger charge is -2.28. The molecule has 1 N–H and O–H groups in total. The summed E-state index contributed by atoms with van der Waals surface area (Å²) in [5.41, 5.74) is 0.321. The van der Waals surface area contributed by atoms with Crippen molar-refractivity contribution in [2.24, 2.45) is 5.41 Å². The SMILES string of the molecule is CCCC(C)(CNC)Cc1ccco1.